The summed E-state index contributed by atoms with van der Waals surface area (Å²) in [5.41, 5.74) is 0.725. The van der Waals surface area contributed by atoms with Crippen LogP contribution in [0.1, 0.15) is 36.0 Å². The molecule has 0 bridgehead atoms. The molecular formula is C15H21BrN2O. The average molecular weight is 325 g/mol. The van der Waals surface area contributed by atoms with Gasteiger partial charge in [0.2, 0.25) is 0 Å². The van der Waals surface area contributed by atoms with E-state index in [1.54, 1.807) is 0 Å². The number of amides is 1. The van der Waals surface area contributed by atoms with E-state index in [9.17, 15) is 4.79 Å². The maximum Gasteiger partial charge on any atom is 0.251 e. The lowest BCUT2D eigenvalue weighted by Crippen LogP contribution is -2.26. The second kappa shape index (κ2) is 7.65. The van der Waals surface area contributed by atoms with Crippen LogP contribution in [0.15, 0.2) is 28.7 Å². The van der Waals surface area contributed by atoms with Crippen LogP contribution in [0.2, 0.25) is 0 Å². The highest BCUT2D eigenvalue weighted by molar-refractivity contribution is 9.10. The van der Waals surface area contributed by atoms with Gasteiger partial charge in [-0.05, 0) is 69.6 Å². The van der Waals surface area contributed by atoms with Crippen LogP contribution in [-0.4, -0.2) is 37.0 Å². The molecule has 0 aromatic heterocycles. The van der Waals surface area contributed by atoms with E-state index < -0.39 is 0 Å². The van der Waals surface area contributed by atoms with Crippen LogP contribution < -0.4 is 5.32 Å². The topological polar surface area (TPSA) is 32.3 Å². The van der Waals surface area contributed by atoms with Crippen molar-refractivity contribution in [2.45, 2.75) is 25.7 Å². The Kier molecular flexibility index (Phi) is 5.86. The van der Waals surface area contributed by atoms with Crippen molar-refractivity contribution in [2.75, 3.05) is 26.2 Å². The summed E-state index contributed by atoms with van der Waals surface area (Å²) in [5, 5.41) is 2.97. The van der Waals surface area contributed by atoms with E-state index in [1.807, 2.05) is 24.3 Å². The van der Waals surface area contributed by atoms with Gasteiger partial charge in [0.15, 0.2) is 0 Å². The number of carbonyl (C=O) groups is 1. The van der Waals surface area contributed by atoms with Crippen molar-refractivity contribution in [3.05, 3.63) is 34.3 Å². The molecule has 1 aromatic carbocycles. The number of rotatable bonds is 6. The third kappa shape index (κ3) is 4.96. The molecular weight excluding hydrogens is 304 g/mol. The summed E-state index contributed by atoms with van der Waals surface area (Å²) < 4.78 is 0.995. The second-order valence-electron chi connectivity index (χ2n) is 5.02. The number of benzene rings is 1. The molecule has 0 spiro atoms. The molecule has 0 aliphatic carbocycles. The number of carbonyl (C=O) groups excluding carboxylic acids is 1. The average Bonchev–Trinajstić information content (AvgIpc) is 2.92. The molecule has 1 aliphatic heterocycles. The molecule has 1 heterocycles. The third-order valence-electron chi connectivity index (χ3n) is 3.49. The van der Waals surface area contributed by atoms with Gasteiger partial charge < -0.3 is 10.2 Å². The lowest BCUT2D eigenvalue weighted by molar-refractivity contribution is 0.0952. The molecule has 0 radical (unpaired) electrons. The van der Waals surface area contributed by atoms with Crippen LogP contribution in [-0.2, 0) is 0 Å². The Bertz CT molecular complexity index is 399. The Hall–Kier alpha value is -0.870. The molecule has 0 atom stereocenters. The first kappa shape index (κ1) is 14.5. The van der Waals surface area contributed by atoms with Crippen LogP contribution in [0, 0.1) is 0 Å². The summed E-state index contributed by atoms with van der Waals surface area (Å²) in [5.74, 6) is 0.0219. The van der Waals surface area contributed by atoms with E-state index in [1.165, 1.54) is 38.9 Å². The quantitative estimate of drug-likeness (QED) is 0.816. The monoisotopic (exact) mass is 324 g/mol. The summed E-state index contributed by atoms with van der Waals surface area (Å²) in [4.78, 5) is 14.3. The van der Waals surface area contributed by atoms with Crippen LogP contribution in [0.3, 0.4) is 0 Å². The van der Waals surface area contributed by atoms with E-state index in [4.69, 9.17) is 0 Å². The third-order valence-corrected chi connectivity index (χ3v) is 4.02. The Morgan fingerprint density at radius 3 is 2.53 bits per heavy atom. The number of nitrogens with zero attached hydrogens (tertiary/aromatic N) is 1. The molecule has 1 saturated heterocycles. The predicted octanol–water partition coefficient (Wildman–Crippen LogP) is 3.05. The van der Waals surface area contributed by atoms with Gasteiger partial charge in [0.05, 0.1) is 0 Å². The van der Waals surface area contributed by atoms with Gasteiger partial charge in [0, 0.05) is 16.6 Å². The molecule has 19 heavy (non-hydrogen) atoms. The van der Waals surface area contributed by atoms with E-state index >= 15 is 0 Å². The number of hydrogen-bond donors (Lipinski definition) is 1. The van der Waals surface area contributed by atoms with Crippen molar-refractivity contribution < 1.29 is 4.79 Å². The second-order valence-corrected chi connectivity index (χ2v) is 5.93. The van der Waals surface area contributed by atoms with Gasteiger partial charge in [0.25, 0.3) is 5.91 Å². The molecule has 2 rings (SSSR count). The molecule has 1 amide bonds. The Morgan fingerprint density at radius 1 is 1.16 bits per heavy atom. The summed E-state index contributed by atoms with van der Waals surface area (Å²) in [7, 11) is 0. The lowest BCUT2D eigenvalue weighted by atomic mass is 10.2. The molecule has 0 unspecified atom stereocenters. The Labute approximate surface area is 123 Å². The molecule has 4 heteroatoms. The summed E-state index contributed by atoms with van der Waals surface area (Å²) in [6.45, 7) is 4.45. The van der Waals surface area contributed by atoms with E-state index in [2.05, 4.69) is 26.1 Å². The molecule has 104 valence electrons. The van der Waals surface area contributed by atoms with Gasteiger partial charge in [-0.1, -0.05) is 15.9 Å². The van der Waals surface area contributed by atoms with Crippen LogP contribution in [0.4, 0.5) is 0 Å². The minimum absolute atomic E-state index is 0.0219. The van der Waals surface area contributed by atoms with Crippen LogP contribution in [0.25, 0.3) is 0 Å². The summed E-state index contributed by atoms with van der Waals surface area (Å²) >= 11 is 3.36. The zero-order chi connectivity index (χ0) is 13.5. The molecule has 1 aromatic rings. The zero-order valence-electron chi connectivity index (χ0n) is 11.2. The van der Waals surface area contributed by atoms with Crippen LogP contribution in [0.5, 0.6) is 0 Å². The highest BCUT2D eigenvalue weighted by atomic mass is 79.9. The first-order valence-corrected chi connectivity index (χ1v) is 7.81. The normalized spacial score (nSPS) is 15.6. The number of nitrogens with one attached hydrogen (secondary N) is 1. The van der Waals surface area contributed by atoms with Crippen molar-refractivity contribution in [3.63, 3.8) is 0 Å². The lowest BCUT2D eigenvalue weighted by Gasteiger charge is -2.14. The minimum atomic E-state index is 0.0219. The Morgan fingerprint density at radius 2 is 1.84 bits per heavy atom. The van der Waals surface area contributed by atoms with E-state index in [0.717, 1.165) is 23.0 Å². The fourth-order valence-electron chi connectivity index (χ4n) is 2.37. The number of likely N-dealkylation sites (tertiary alicyclic amines) is 1. The summed E-state index contributed by atoms with van der Waals surface area (Å²) in [6.07, 6.45) is 4.92. The van der Waals surface area contributed by atoms with E-state index in [-0.39, 0.29) is 5.91 Å². The summed E-state index contributed by atoms with van der Waals surface area (Å²) in [6, 6.07) is 7.46. The maximum atomic E-state index is 11.8. The molecule has 1 N–H and O–H groups in total. The van der Waals surface area contributed by atoms with Gasteiger partial charge in [-0.3, -0.25) is 4.79 Å². The number of unbranched alkanes of at least 4 members (excludes halogenated alkanes) is 1. The first-order valence-electron chi connectivity index (χ1n) is 7.02. The van der Waals surface area contributed by atoms with Gasteiger partial charge in [-0.2, -0.15) is 0 Å². The zero-order valence-corrected chi connectivity index (χ0v) is 12.8. The number of halogens is 1. The molecule has 1 fully saturated rings. The highest BCUT2D eigenvalue weighted by Gasteiger charge is 2.10. The fourth-order valence-corrected chi connectivity index (χ4v) is 2.64. The van der Waals surface area contributed by atoms with E-state index in [0.29, 0.717) is 0 Å². The van der Waals surface area contributed by atoms with Gasteiger partial charge >= 0.3 is 0 Å². The maximum absolute atomic E-state index is 11.8. The molecule has 1 aliphatic rings. The number of hydrogen-bond acceptors (Lipinski definition) is 2. The standard InChI is InChI=1S/C15H21BrN2O/c16-14-7-5-13(6-8-14)15(19)17-9-1-2-10-18-11-3-4-12-18/h5-8H,1-4,9-12H2,(H,17,19). The van der Waals surface area contributed by atoms with Crippen LogP contribution >= 0.6 is 15.9 Å². The Balaban J connectivity index is 1.59. The molecule has 3 nitrogen and oxygen atoms in total. The predicted molar refractivity (Wildman–Crippen MR) is 81.4 cm³/mol. The van der Waals surface area contributed by atoms with Crippen molar-refractivity contribution in [1.29, 1.82) is 0 Å². The first-order chi connectivity index (χ1) is 9.25. The van der Waals surface area contributed by atoms with Crippen molar-refractivity contribution in [2.24, 2.45) is 0 Å². The minimum Gasteiger partial charge on any atom is -0.352 e. The van der Waals surface area contributed by atoms with Gasteiger partial charge in [0.1, 0.15) is 0 Å². The van der Waals surface area contributed by atoms with Crippen molar-refractivity contribution in [3.8, 4) is 0 Å². The fraction of sp³-hybridized carbons (Fsp3) is 0.533. The SMILES string of the molecule is O=C(NCCCCN1CCCC1)c1ccc(Br)cc1. The van der Waals surface area contributed by atoms with Crippen molar-refractivity contribution in [1.82, 2.24) is 10.2 Å². The largest absolute Gasteiger partial charge is 0.352 e. The molecule has 0 saturated carbocycles. The van der Waals surface area contributed by atoms with Gasteiger partial charge in [-0.25, -0.2) is 0 Å². The smallest absolute Gasteiger partial charge is 0.251 e. The van der Waals surface area contributed by atoms with Gasteiger partial charge in [-0.15, -0.1) is 0 Å². The van der Waals surface area contributed by atoms with Crippen molar-refractivity contribution >= 4 is 21.8 Å². The highest BCUT2D eigenvalue weighted by Crippen LogP contribution is 2.10.